The molecule has 0 radical (unpaired) electrons. The Kier molecular flexibility index (Phi) is 6.42. The van der Waals surface area contributed by atoms with Gasteiger partial charge in [0, 0.05) is 53.4 Å². The molecule has 0 saturated carbocycles. The van der Waals surface area contributed by atoms with Crippen LogP contribution in [0.4, 0.5) is 17.1 Å². The van der Waals surface area contributed by atoms with E-state index in [1.807, 2.05) is 23.5 Å². The standard InChI is InChI=1S/C48H29NO2S/c1-2-10-30(11-3-1)31-20-22-33(23-21-31)49(35-24-25-39-38-15-5-7-19-44(38)52-45(39)29-35)34-13-8-12-32(28-34)36-16-9-18-42-46(36)47-43(50-42)27-26-40-37-14-4-6-17-41(37)51-48(40)47/h1-29H. The summed E-state index contributed by atoms with van der Waals surface area (Å²) in [7, 11) is 0. The molecule has 11 rings (SSSR count). The molecular formula is C48H29NO2S. The first-order valence-corrected chi connectivity index (χ1v) is 18.3. The average Bonchev–Trinajstić information content (AvgIpc) is 3.89. The lowest BCUT2D eigenvalue weighted by Gasteiger charge is -2.26. The highest BCUT2D eigenvalue weighted by Gasteiger charge is 2.20. The quantitative estimate of drug-likeness (QED) is 0.181. The highest BCUT2D eigenvalue weighted by Crippen LogP contribution is 2.45. The van der Waals surface area contributed by atoms with Crippen molar-refractivity contribution < 1.29 is 8.83 Å². The molecule has 0 aliphatic carbocycles. The van der Waals surface area contributed by atoms with E-state index >= 15 is 0 Å². The van der Waals surface area contributed by atoms with Crippen molar-refractivity contribution in [2.24, 2.45) is 0 Å². The zero-order chi connectivity index (χ0) is 34.2. The zero-order valence-corrected chi connectivity index (χ0v) is 28.7. The normalized spacial score (nSPS) is 11.8. The summed E-state index contributed by atoms with van der Waals surface area (Å²) in [6.07, 6.45) is 0. The summed E-state index contributed by atoms with van der Waals surface area (Å²) in [5, 5.41) is 6.86. The smallest absolute Gasteiger partial charge is 0.147 e. The van der Waals surface area contributed by atoms with Gasteiger partial charge in [0.1, 0.15) is 22.3 Å². The maximum absolute atomic E-state index is 6.53. The van der Waals surface area contributed by atoms with Gasteiger partial charge in [-0.05, 0) is 89.0 Å². The van der Waals surface area contributed by atoms with Gasteiger partial charge in [0.2, 0.25) is 0 Å². The van der Waals surface area contributed by atoms with Crippen LogP contribution in [0.5, 0.6) is 0 Å². The van der Waals surface area contributed by atoms with E-state index in [0.29, 0.717) is 0 Å². The molecule has 0 fully saturated rings. The van der Waals surface area contributed by atoms with E-state index in [1.165, 1.54) is 31.3 Å². The van der Waals surface area contributed by atoms with Gasteiger partial charge in [-0.1, -0.05) is 109 Å². The fraction of sp³-hybridized carbons (Fsp3) is 0. The van der Waals surface area contributed by atoms with Crippen molar-refractivity contribution in [1.29, 1.82) is 0 Å². The van der Waals surface area contributed by atoms with E-state index in [-0.39, 0.29) is 0 Å². The molecule has 8 aromatic carbocycles. The fourth-order valence-electron chi connectivity index (χ4n) is 7.87. The Morgan fingerprint density at radius 2 is 1.02 bits per heavy atom. The molecule has 0 aliphatic heterocycles. The van der Waals surface area contributed by atoms with Crippen molar-refractivity contribution in [3.8, 4) is 22.3 Å². The maximum Gasteiger partial charge on any atom is 0.147 e. The molecule has 11 aromatic rings. The molecule has 0 unspecified atom stereocenters. The van der Waals surface area contributed by atoms with Gasteiger partial charge >= 0.3 is 0 Å². The summed E-state index contributed by atoms with van der Waals surface area (Å²) >= 11 is 1.84. The van der Waals surface area contributed by atoms with E-state index in [9.17, 15) is 0 Å². The SMILES string of the molecule is c1ccc(-c2ccc(N(c3cccc(-c4cccc5oc6ccc7c8ccccc8oc7c6c45)c3)c3ccc4c(c3)sc3ccccc34)cc2)cc1. The van der Waals surface area contributed by atoms with Crippen LogP contribution >= 0.6 is 11.3 Å². The number of hydrogen-bond donors (Lipinski definition) is 0. The number of anilines is 3. The summed E-state index contributed by atoms with van der Waals surface area (Å²) in [5.74, 6) is 0. The molecule has 3 nitrogen and oxygen atoms in total. The number of rotatable bonds is 5. The van der Waals surface area contributed by atoms with Crippen molar-refractivity contribution in [3.63, 3.8) is 0 Å². The molecule has 0 atom stereocenters. The molecule has 3 aromatic heterocycles. The van der Waals surface area contributed by atoms with Crippen LogP contribution in [-0.2, 0) is 0 Å². The first-order valence-electron chi connectivity index (χ1n) is 17.5. The third kappa shape index (κ3) is 4.51. The van der Waals surface area contributed by atoms with Gasteiger partial charge in [0.05, 0.1) is 5.39 Å². The molecule has 0 saturated heterocycles. The minimum Gasteiger partial charge on any atom is -0.456 e. The molecule has 0 aliphatic rings. The fourth-order valence-corrected chi connectivity index (χ4v) is 9.01. The molecule has 0 spiro atoms. The third-order valence-electron chi connectivity index (χ3n) is 10.3. The Bertz CT molecular complexity index is 3130. The number of thiophene rings is 1. The van der Waals surface area contributed by atoms with Gasteiger partial charge in [0.25, 0.3) is 0 Å². The van der Waals surface area contributed by atoms with Crippen LogP contribution in [0, 0.1) is 0 Å². The molecule has 52 heavy (non-hydrogen) atoms. The minimum atomic E-state index is 0.821. The Balaban J connectivity index is 1.11. The second-order valence-corrected chi connectivity index (χ2v) is 14.4. The Morgan fingerprint density at radius 1 is 0.365 bits per heavy atom. The number of para-hydroxylation sites is 1. The molecule has 0 N–H and O–H groups in total. The lowest BCUT2D eigenvalue weighted by Crippen LogP contribution is -2.10. The van der Waals surface area contributed by atoms with Crippen molar-refractivity contribution in [2.45, 2.75) is 0 Å². The first-order chi connectivity index (χ1) is 25.8. The van der Waals surface area contributed by atoms with Crippen LogP contribution in [0.2, 0.25) is 0 Å². The topological polar surface area (TPSA) is 29.5 Å². The van der Waals surface area contributed by atoms with Gasteiger partial charge in [-0.3, -0.25) is 0 Å². The summed E-state index contributed by atoms with van der Waals surface area (Å²) in [5.41, 5.74) is 11.3. The molecule has 3 heterocycles. The van der Waals surface area contributed by atoms with Crippen molar-refractivity contribution in [3.05, 3.63) is 176 Å². The summed E-state index contributed by atoms with van der Waals surface area (Å²) in [6.45, 7) is 0. The highest BCUT2D eigenvalue weighted by atomic mass is 32.1. The lowest BCUT2D eigenvalue weighted by atomic mass is 9.97. The van der Waals surface area contributed by atoms with Gasteiger partial charge < -0.3 is 13.7 Å². The van der Waals surface area contributed by atoms with Gasteiger partial charge in [0.15, 0.2) is 0 Å². The maximum atomic E-state index is 6.53. The van der Waals surface area contributed by atoms with Crippen LogP contribution < -0.4 is 4.90 Å². The third-order valence-corrected chi connectivity index (χ3v) is 11.4. The number of nitrogens with zero attached hydrogens (tertiary/aromatic N) is 1. The van der Waals surface area contributed by atoms with Gasteiger partial charge in [-0.15, -0.1) is 11.3 Å². The van der Waals surface area contributed by atoms with Gasteiger partial charge in [-0.25, -0.2) is 0 Å². The minimum absolute atomic E-state index is 0.821. The summed E-state index contributed by atoms with van der Waals surface area (Å²) < 4.78 is 15.6. The Hall–Kier alpha value is -6.62. The van der Waals surface area contributed by atoms with Crippen LogP contribution in [0.25, 0.3) is 86.3 Å². The van der Waals surface area contributed by atoms with Crippen LogP contribution in [0.1, 0.15) is 0 Å². The zero-order valence-electron chi connectivity index (χ0n) is 27.9. The number of furan rings is 2. The predicted octanol–water partition coefficient (Wildman–Crippen LogP) is 14.7. The number of fused-ring (bicyclic) bond motifs is 10. The summed E-state index contributed by atoms with van der Waals surface area (Å²) in [6, 6.07) is 62.6. The highest BCUT2D eigenvalue weighted by molar-refractivity contribution is 7.25. The van der Waals surface area contributed by atoms with E-state index in [2.05, 4.69) is 169 Å². The van der Waals surface area contributed by atoms with Crippen LogP contribution in [0.3, 0.4) is 0 Å². The van der Waals surface area contributed by atoms with Crippen LogP contribution in [0.15, 0.2) is 185 Å². The summed E-state index contributed by atoms with van der Waals surface area (Å²) in [4.78, 5) is 2.37. The molecule has 0 bridgehead atoms. The second-order valence-electron chi connectivity index (χ2n) is 13.3. The molecule has 4 heteroatoms. The molecule has 0 amide bonds. The number of benzene rings is 8. The Morgan fingerprint density at radius 3 is 1.92 bits per heavy atom. The van der Waals surface area contributed by atoms with Crippen LogP contribution in [-0.4, -0.2) is 0 Å². The van der Waals surface area contributed by atoms with E-state index in [0.717, 1.165) is 72.1 Å². The molecule has 244 valence electrons. The first kappa shape index (κ1) is 29.1. The van der Waals surface area contributed by atoms with Crippen molar-refractivity contribution in [1.82, 2.24) is 0 Å². The number of hydrogen-bond acceptors (Lipinski definition) is 4. The largest absolute Gasteiger partial charge is 0.456 e. The van der Waals surface area contributed by atoms with Crippen molar-refractivity contribution >= 4 is 92.4 Å². The second kappa shape index (κ2) is 11.5. The van der Waals surface area contributed by atoms with E-state index < -0.39 is 0 Å². The van der Waals surface area contributed by atoms with Gasteiger partial charge in [-0.2, -0.15) is 0 Å². The monoisotopic (exact) mass is 683 g/mol. The van der Waals surface area contributed by atoms with Crippen molar-refractivity contribution in [2.75, 3.05) is 4.90 Å². The van der Waals surface area contributed by atoms with E-state index in [4.69, 9.17) is 8.83 Å². The lowest BCUT2D eigenvalue weighted by molar-refractivity contribution is 0.663. The van der Waals surface area contributed by atoms with E-state index in [1.54, 1.807) is 0 Å². The predicted molar refractivity (Wildman–Crippen MR) is 219 cm³/mol. The Labute approximate surface area is 303 Å². The molecular weight excluding hydrogens is 655 g/mol. The average molecular weight is 684 g/mol.